The Morgan fingerprint density at radius 1 is 1.38 bits per heavy atom. The maximum Gasteiger partial charge on any atom is 0.338 e. The molecule has 1 aliphatic rings. The Morgan fingerprint density at radius 3 is 2.31 bits per heavy atom. The SMILES string of the molecule is C[C@H]1CC[C@H](N(N=O)C(N)=O)CC1. The highest BCUT2D eigenvalue weighted by Gasteiger charge is 2.27. The highest BCUT2D eigenvalue weighted by Crippen LogP contribution is 2.26. The summed E-state index contributed by atoms with van der Waals surface area (Å²) < 4.78 is 0. The highest BCUT2D eigenvalue weighted by atomic mass is 16.3. The van der Waals surface area contributed by atoms with Crippen LogP contribution in [0.4, 0.5) is 4.79 Å². The summed E-state index contributed by atoms with van der Waals surface area (Å²) in [6.07, 6.45) is 3.72. The molecule has 0 aromatic heterocycles. The predicted molar refractivity (Wildman–Crippen MR) is 48.6 cm³/mol. The first-order valence-electron chi connectivity index (χ1n) is 4.57. The van der Waals surface area contributed by atoms with Crippen LogP contribution in [0.1, 0.15) is 32.6 Å². The molecule has 0 saturated heterocycles. The molecule has 1 aliphatic carbocycles. The zero-order chi connectivity index (χ0) is 9.84. The van der Waals surface area contributed by atoms with Gasteiger partial charge in [0.05, 0.1) is 11.3 Å². The number of carbonyl (C=O) groups excluding carboxylic acids is 1. The van der Waals surface area contributed by atoms with Gasteiger partial charge in [0.2, 0.25) is 0 Å². The summed E-state index contributed by atoms with van der Waals surface area (Å²) in [6.45, 7) is 2.17. The van der Waals surface area contributed by atoms with Gasteiger partial charge in [0.15, 0.2) is 0 Å². The summed E-state index contributed by atoms with van der Waals surface area (Å²) in [6, 6.07) is -0.819. The molecule has 5 heteroatoms. The second-order valence-electron chi connectivity index (χ2n) is 3.68. The largest absolute Gasteiger partial charge is 0.350 e. The summed E-state index contributed by atoms with van der Waals surface area (Å²) in [5, 5.41) is 3.51. The molecule has 5 nitrogen and oxygen atoms in total. The first-order valence-corrected chi connectivity index (χ1v) is 4.57. The van der Waals surface area contributed by atoms with E-state index in [1.807, 2.05) is 0 Å². The van der Waals surface area contributed by atoms with Gasteiger partial charge in [0.25, 0.3) is 0 Å². The van der Waals surface area contributed by atoms with E-state index in [-0.39, 0.29) is 6.04 Å². The average molecular weight is 185 g/mol. The zero-order valence-electron chi connectivity index (χ0n) is 7.77. The van der Waals surface area contributed by atoms with Gasteiger partial charge in [0.1, 0.15) is 0 Å². The summed E-state index contributed by atoms with van der Waals surface area (Å²) in [5.74, 6) is 0.678. The Balaban J connectivity index is 2.51. The van der Waals surface area contributed by atoms with Crippen LogP contribution in [0.3, 0.4) is 0 Å². The fourth-order valence-electron chi connectivity index (χ4n) is 1.77. The van der Waals surface area contributed by atoms with Gasteiger partial charge in [-0.2, -0.15) is 5.01 Å². The number of amides is 2. The van der Waals surface area contributed by atoms with Crippen LogP contribution in [-0.2, 0) is 0 Å². The van der Waals surface area contributed by atoms with Crippen molar-refractivity contribution in [2.24, 2.45) is 16.9 Å². The molecule has 0 spiro atoms. The topological polar surface area (TPSA) is 75.8 Å². The molecule has 0 aromatic rings. The monoisotopic (exact) mass is 185 g/mol. The van der Waals surface area contributed by atoms with Crippen molar-refractivity contribution in [2.75, 3.05) is 0 Å². The van der Waals surface area contributed by atoms with Crippen molar-refractivity contribution >= 4 is 6.03 Å². The molecule has 1 rings (SSSR count). The fourth-order valence-corrected chi connectivity index (χ4v) is 1.77. The van der Waals surface area contributed by atoms with Gasteiger partial charge in [-0.15, -0.1) is 4.91 Å². The minimum Gasteiger partial charge on any atom is -0.350 e. The van der Waals surface area contributed by atoms with Gasteiger partial charge in [0, 0.05) is 0 Å². The number of urea groups is 1. The lowest BCUT2D eigenvalue weighted by Crippen LogP contribution is -2.41. The number of nitrogens with zero attached hydrogens (tertiary/aromatic N) is 2. The van der Waals surface area contributed by atoms with Crippen molar-refractivity contribution in [1.29, 1.82) is 0 Å². The molecule has 0 unspecified atom stereocenters. The lowest BCUT2D eigenvalue weighted by molar-refractivity contribution is 0.154. The van der Waals surface area contributed by atoms with Crippen LogP contribution in [0.2, 0.25) is 0 Å². The molecule has 2 amide bonds. The lowest BCUT2D eigenvalue weighted by Gasteiger charge is -2.29. The van der Waals surface area contributed by atoms with E-state index in [4.69, 9.17) is 5.73 Å². The minimum absolute atomic E-state index is 0.0776. The first kappa shape index (κ1) is 9.95. The molecule has 1 fully saturated rings. The molecule has 0 aliphatic heterocycles. The van der Waals surface area contributed by atoms with Crippen LogP contribution in [0.5, 0.6) is 0 Å². The smallest absolute Gasteiger partial charge is 0.338 e. The number of hydrogen-bond acceptors (Lipinski definition) is 3. The number of rotatable bonds is 2. The van der Waals surface area contributed by atoms with Crippen LogP contribution < -0.4 is 5.73 Å². The second kappa shape index (κ2) is 4.20. The Bertz CT molecular complexity index is 200. The molecule has 1 saturated carbocycles. The van der Waals surface area contributed by atoms with E-state index in [2.05, 4.69) is 12.2 Å². The molecule has 0 atom stereocenters. The average Bonchev–Trinajstić information content (AvgIpc) is 2.09. The Morgan fingerprint density at radius 2 is 1.92 bits per heavy atom. The third kappa shape index (κ3) is 2.40. The summed E-state index contributed by atoms with van der Waals surface area (Å²) in [4.78, 5) is 21.1. The van der Waals surface area contributed by atoms with E-state index < -0.39 is 6.03 Å². The summed E-state index contributed by atoms with van der Waals surface area (Å²) in [7, 11) is 0. The Kier molecular flexibility index (Phi) is 3.22. The van der Waals surface area contributed by atoms with E-state index in [0.29, 0.717) is 5.92 Å². The van der Waals surface area contributed by atoms with Gasteiger partial charge >= 0.3 is 6.03 Å². The van der Waals surface area contributed by atoms with Gasteiger partial charge in [-0.05, 0) is 31.6 Å². The molecule has 0 bridgehead atoms. The van der Waals surface area contributed by atoms with Crippen LogP contribution in [0, 0.1) is 10.8 Å². The predicted octanol–water partition coefficient (Wildman–Crippen LogP) is 1.63. The number of nitroso groups, excluding NO2 is 1. The van der Waals surface area contributed by atoms with E-state index in [1.165, 1.54) is 0 Å². The van der Waals surface area contributed by atoms with Gasteiger partial charge < -0.3 is 5.73 Å². The maximum absolute atomic E-state index is 10.8. The first-order chi connectivity index (χ1) is 6.15. The molecular weight excluding hydrogens is 170 g/mol. The lowest BCUT2D eigenvalue weighted by atomic mass is 9.87. The van der Waals surface area contributed by atoms with Crippen molar-refractivity contribution in [3.63, 3.8) is 0 Å². The van der Waals surface area contributed by atoms with Crippen LogP contribution in [0.25, 0.3) is 0 Å². The van der Waals surface area contributed by atoms with E-state index >= 15 is 0 Å². The Labute approximate surface area is 77.2 Å². The molecule has 74 valence electrons. The molecule has 2 N–H and O–H groups in total. The quantitative estimate of drug-likeness (QED) is 0.524. The van der Waals surface area contributed by atoms with Crippen molar-refractivity contribution < 1.29 is 4.79 Å². The highest BCUT2D eigenvalue weighted by molar-refractivity contribution is 5.71. The molecular formula is C8H15N3O2. The maximum atomic E-state index is 10.8. The zero-order valence-corrected chi connectivity index (χ0v) is 7.77. The van der Waals surface area contributed by atoms with Crippen LogP contribution in [0.15, 0.2) is 5.29 Å². The molecule has 13 heavy (non-hydrogen) atoms. The second-order valence-corrected chi connectivity index (χ2v) is 3.68. The van der Waals surface area contributed by atoms with Crippen LogP contribution in [-0.4, -0.2) is 17.1 Å². The Hall–Kier alpha value is -1.13. The minimum atomic E-state index is -0.741. The summed E-state index contributed by atoms with van der Waals surface area (Å²) >= 11 is 0. The normalized spacial score (nSPS) is 28.1. The number of nitrogens with two attached hydrogens (primary N) is 1. The van der Waals surface area contributed by atoms with Crippen molar-refractivity contribution in [1.82, 2.24) is 5.01 Å². The molecule has 0 radical (unpaired) electrons. The van der Waals surface area contributed by atoms with Crippen molar-refractivity contribution in [2.45, 2.75) is 38.6 Å². The van der Waals surface area contributed by atoms with Gasteiger partial charge in [-0.1, -0.05) is 6.92 Å². The molecule has 0 aromatic carbocycles. The summed E-state index contributed by atoms with van der Waals surface area (Å²) in [5.41, 5.74) is 5.01. The fraction of sp³-hybridized carbons (Fsp3) is 0.875. The molecule has 0 heterocycles. The third-order valence-electron chi connectivity index (χ3n) is 2.65. The third-order valence-corrected chi connectivity index (χ3v) is 2.65. The van der Waals surface area contributed by atoms with E-state index in [1.54, 1.807) is 0 Å². The van der Waals surface area contributed by atoms with E-state index in [9.17, 15) is 9.70 Å². The van der Waals surface area contributed by atoms with Gasteiger partial charge in [-0.3, -0.25) is 0 Å². The number of hydrogen-bond donors (Lipinski definition) is 1. The standard InChI is InChI=1S/C8H15N3O2/c1-6-2-4-7(5-3-6)11(10-13)8(9)12/h6-7H,2-5H2,1H3,(H2,9,12)/t6-,7-. The van der Waals surface area contributed by atoms with Gasteiger partial charge in [-0.25, -0.2) is 4.79 Å². The van der Waals surface area contributed by atoms with E-state index in [0.717, 1.165) is 30.7 Å². The van der Waals surface area contributed by atoms with Crippen molar-refractivity contribution in [3.05, 3.63) is 4.91 Å². The number of primary amides is 1. The van der Waals surface area contributed by atoms with Crippen LogP contribution >= 0.6 is 0 Å². The van der Waals surface area contributed by atoms with Crippen molar-refractivity contribution in [3.8, 4) is 0 Å². The number of carbonyl (C=O) groups is 1.